The lowest BCUT2D eigenvalue weighted by Crippen LogP contribution is -2.19. The number of halogens is 1. The predicted octanol–water partition coefficient (Wildman–Crippen LogP) is 5.19. The fourth-order valence-electron chi connectivity index (χ4n) is 2.84. The van der Waals surface area contributed by atoms with Crippen molar-refractivity contribution in [3.63, 3.8) is 0 Å². The van der Waals surface area contributed by atoms with E-state index in [0.717, 1.165) is 4.88 Å². The quantitative estimate of drug-likeness (QED) is 0.421. The molecule has 1 heterocycles. The van der Waals surface area contributed by atoms with Gasteiger partial charge in [-0.3, -0.25) is 9.52 Å². The van der Waals surface area contributed by atoms with Crippen molar-refractivity contribution >= 4 is 55.5 Å². The number of benzene rings is 2. The van der Waals surface area contributed by atoms with Gasteiger partial charge in [-0.2, -0.15) is 0 Å². The molecule has 0 aliphatic carbocycles. The van der Waals surface area contributed by atoms with Gasteiger partial charge in [0.1, 0.15) is 5.00 Å². The number of hydrogen-bond donors (Lipinski definition) is 2. The molecular weight excluding hydrogens is 472 g/mol. The van der Waals surface area contributed by atoms with Gasteiger partial charge in [-0.05, 0) is 49.7 Å². The molecule has 0 fully saturated rings. The van der Waals surface area contributed by atoms with Crippen molar-refractivity contribution in [2.24, 2.45) is 0 Å². The Morgan fingerprint density at radius 1 is 1.03 bits per heavy atom. The van der Waals surface area contributed by atoms with Crippen LogP contribution in [0.4, 0.5) is 10.7 Å². The third-order valence-electron chi connectivity index (χ3n) is 4.38. The van der Waals surface area contributed by atoms with Crippen LogP contribution in [0, 0.1) is 0 Å². The van der Waals surface area contributed by atoms with Crippen LogP contribution in [0.25, 0.3) is 0 Å². The lowest BCUT2D eigenvalue weighted by atomic mass is 10.1. The van der Waals surface area contributed by atoms with Crippen molar-refractivity contribution < 1.29 is 22.7 Å². The molecule has 0 saturated heterocycles. The van der Waals surface area contributed by atoms with Crippen LogP contribution in [0.5, 0.6) is 0 Å². The summed E-state index contributed by atoms with van der Waals surface area (Å²) in [5.41, 5.74) is 0.321. The van der Waals surface area contributed by atoms with Crippen molar-refractivity contribution in [2.45, 2.75) is 25.2 Å². The molecule has 0 spiro atoms. The Kier molecular flexibility index (Phi) is 7.55. The molecule has 1 aromatic heterocycles. The van der Waals surface area contributed by atoms with Crippen LogP contribution in [-0.2, 0) is 21.2 Å². The van der Waals surface area contributed by atoms with Gasteiger partial charge in [-0.1, -0.05) is 36.7 Å². The van der Waals surface area contributed by atoms with Crippen molar-refractivity contribution in [3.8, 4) is 0 Å². The van der Waals surface area contributed by atoms with Gasteiger partial charge in [-0.25, -0.2) is 13.2 Å². The van der Waals surface area contributed by atoms with E-state index in [9.17, 15) is 18.0 Å². The summed E-state index contributed by atoms with van der Waals surface area (Å²) in [7, 11) is -3.95. The second-order valence-electron chi connectivity index (χ2n) is 6.59. The number of ether oxygens (including phenoxy) is 1. The van der Waals surface area contributed by atoms with E-state index < -0.39 is 21.9 Å². The summed E-state index contributed by atoms with van der Waals surface area (Å²) in [6, 6.07) is 13.7. The van der Waals surface area contributed by atoms with E-state index in [1.165, 1.54) is 41.7 Å². The monoisotopic (exact) mass is 492 g/mol. The number of carbonyl (C=O) groups excluding carboxylic acids is 2. The van der Waals surface area contributed by atoms with Crippen LogP contribution in [0.1, 0.15) is 39.4 Å². The van der Waals surface area contributed by atoms with E-state index in [0.29, 0.717) is 11.4 Å². The summed E-state index contributed by atoms with van der Waals surface area (Å²) in [6.45, 7) is 3.83. The Bertz CT molecular complexity index is 1240. The molecule has 0 atom stereocenters. The summed E-state index contributed by atoms with van der Waals surface area (Å²) >= 11 is 7.31. The number of carbonyl (C=O) groups is 2. The maximum absolute atomic E-state index is 13.1. The highest BCUT2D eigenvalue weighted by molar-refractivity contribution is 7.92. The van der Waals surface area contributed by atoms with Crippen molar-refractivity contribution in [3.05, 3.63) is 75.6 Å². The maximum Gasteiger partial charge on any atom is 0.341 e. The van der Waals surface area contributed by atoms with Gasteiger partial charge in [0.05, 0.1) is 28.3 Å². The molecule has 0 bridgehead atoms. The molecule has 0 aliphatic heterocycles. The fourth-order valence-corrected chi connectivity index (χ4v) is 5.09. The fraction of sp³-hybridized carbons (Fsp3) is 0.182. The number of nitrogens with one attached hydrogen (secondary N) is 2. The molecule has 7 nitrogen and oxygen atoms in total. The third kappa shape index (κ3) is 5.48. The highest BCUT2D eigenvalue weighted by Gasteiger charge is 2.22. The number of anilines is 2. The van der Waals surface area contributed by atoms with E-state index in [4.69, 9.17) is 16.3 Å². The Morgan fingerprint density at radius 2 is 1.75 bits per heavy atom. The van der Waals surface area contributed by atoms with Crippen molar-refractivity contribution in [1.29, 1.82) is 0 Å². The Morgan fingerprint density at radius 3 is 2.41 bits per heavy atom. The molecule has 0 radical (unpaired) electrons. The molecule has 3 aromatic rings. The number of rotatable bonds is 8. The van der Waals surface area contributed by atoms with Crippen LogP contribution in [0.2, 0.25) is 5.02 Å². The smallest absolute Gasteiger partial charge is 0.341 e. The molecule has 0 unspecified atom stereocenters. The number of thiophene rings is 1. The topological polar surface area (TPSA) is 102 Å². The summed E-state index contributed by atoms with van der Waals surface area (Å²) in [5, 5.41) is 3.29. The molecule has 1 amide bonds. The van der Waals surface area contributed by atoms with E-state index >= 15 is 0 Å². The first-order valence-electron chi connectivity index (χ1n) is 9.73. The number of esters is 1. The van der Waals surface area contributed by atoms with Crippen molar-refractivity contribution in [1.82, 2.24) is 0 Å². The van der Waals surface area contributed by atoms with E-state index in [2.05, 4.69) is 10.0 Å². The zero-order valence-electron chi connectivity index (χ0n) is 17.3. The van der Waals surface area contributed by atoms with Crippen LogP contribution >= 0.6 is 22.9 Å². The second kappa shape index (κ2) is 10.2. The Hall–Kier alpha value is -2.88. The minimum Gasteiger partial charge on any atom is -0.462 e. The normalized spacial score (nSPS) is 11.1. The minimum absolute atomic E-state index is 0.0174. The molecule has 2 aromatic carbocycles. The predicted molar refractivity (Wildman–Crippen MR) is 126 cm³/mol. The lowest BCUT2D eigenvalue weighted by molar-refractivity contribution is 0.0528. The molecule has 10 heteroatoms. The highest BCUT2D eigenvalue weighted by atomic mass is 35.5. The van der Waals surface area contributed by atoms with E-state index in [-0.39, 0.29) is 33.3 Å². The summed E-state index contributed by atoms with van der Waals surface area (Å²) < 4.78 is 33.0. The molecule has 168 valence electrons. The van der Waals surface area contributed by atoms with Crippen molar-refractivity contribution in [2.75, 3.05) is 16.6 Å². The number of aryl methyl sites for hydroxylation is 1. The van der Waals surface area contributed by atoms with Crippen LogP contribution < -0.4 is 10.0 Å². The standard InChI is InChI=1S/C22H21ClN2O5S2/c1-3-15-13-18(22(27)30-4-2)21(31-15)24-20(26)17-11-10-14(23)12-19(17)25-32(28,29)16-8-6-5-7-9-16/h5-13,25H,3-4H2,1-2H3,(H,24,26). The average Bonchev–Trinajstić information content (AvgIpc) is 3.17. The molecule has 0 aliphatic rings. The minimum atomic E-state index is -3.95. The molecule has 32 heavy (non-hydrogen) atoms. The zero-order chi connectivity index (χ0) is 23.3. The van der Waals surface area contributed by atoms with Gasteiger partial charge in [0.2, 0.25) is 0 Å². The van der Waals surface area contributed by atoms with E-state index in [1.807, 2.05) is 6.92 Å². The van der Waals surface area contributed by atoms with Gasteiger partial charge in [0, 0.05) is 9.90 Å². The number of hydrogen-bond acceptors (Lipinski definition) is 6. The summed E-state index contributed by atoms with van der Waals surface area (Å²) in [6.07, 6.45) is 0.677. The summed E-state index contributed by atoms with van der Waals surface area (Å²) in [5.74, 6) is -1.14. The molecular formula is C22H21ClN2O5S2. The van der Waals surface area contributed by atoms with Gasteiger partial charge < -0.3 is 10.1 Å². The van der Waals surface area contributed by atoms with E-state index in [1.54, 1.807) is 31.2 Å². The summed E-state index contributed by atoms with van der Waals surface area (Å²) in [4.78, 5) is 26.3. The lowest BCUT2D eigenvalue weighted by Gasteiger charge is -2.13. The maximum atomic E-state index is 13.1. The number of sulfonamides is 1. The van der Waals surface area contributed by atoms with Gasteiger partial charge in [0.15, 0.2) is 0 Å². The van der Waals surface area contributed by atoms with Gasteiger partial charge in [-0.15, -0.1) is 11.3 Å². The zero-order valence-corrected chi connectivity index (χ0v) is 19.7. The largest absolute Gasteiger partial charge is 0.462 e. The molecule has 3 rings (SSSR count). The third-order valence-corrected chi connectivity index (χ3v) is 7.19. The highest BCUT2D eigenvalue weighted by Crippen LogP contribution is 2.31. The van der Waals surface area contributed by atoms with Gasteiger partial charge in [0.25, 0.3) is 15.9 Å². The molecule has 0 saturated carbocycles. The second-order valence-corrected chi connectivity index (χ2v) is 9.85. The first-order chi connectivity index (χ1) is 15.2. The first-order valence-corrected chi connectivity index (χ1v) is 12.4. The average molecular weight is 493 g/mol. The molecule has 2 N–H and O–H groups in total. The first kappa shape index (κ1) is 23.8. The number of amides is 1. The SMILES string of the molecule is CCOC(=O)c1cc(CC)sc1NC(=O)c1ccc(Cl)cc1NS(=O)(=O)c1ccccc1. The van der Waals surface area contributed by atoms with Crippen LogP contribution in [0.15, 0.2) is 59.5 Å². The Balaban J connectivity index is 1.94. The van der Waals surface area contributed by atoms with Gasteiger partial charge >= 0.3 is 5.97 Å². The van der Waals surface area contributed by atoms with Crippen LogP contribution in [0.3, 0.4) is 0 Å². The Labute approximate surface area is 195 Å². The van der Waals surface area contributed by atoms with Crippen LogP contribution in [-0.4, -0.2) is 26.9 Å².